The van der Waals surface area contributed by atoms with E-state index in [-0.39, 0.29) is 0 Å². The van der Waals surface area contributed by atoms with Crippen LogP contribution in [-0.2, 0) is 0 Å². The molecular formula is C12H26N2. The van der Waals surface area contributed by atoms with Crippen molar-refractivity contribution >= 4 is 0 Å². The second-order valence-electron chi connectivity index (χ2n) is 5.00. The molecule has 0 spiro atoms. The third kappa shape index (κ3) is 4.97. The van der Waals surface area contributed by atoms with Crippen LogP contribution in [-0.4, -0.2) is 30.6 Å². The first-order valence-electron chi connectivity index (χ1n) is 6.16. The number of nitrogens with two attached hydrogens (primary N) is 1. The largest absolute Gasteiger partial charge is 0.328 e. The lowest BCUT2D eigenvalue weighted by molar-refractivity contribution is 0.273. The standard InChI is InChI=1S/C12H26N2/c1-11-5-3-8-14(10-7-11)9-4-6-12(2)13/h11-12H,3-10,13H2,1-2H3. The molecule has 1 fully saturated rings. The van der Waals surface area contributed by atoms with E-state index in [4.69, 9.17) is 5.73 Å². The van der Waals surface area contributed by atoms with Crippen LogP contribution in [0, 0.1) is 5.92 Å². The van der Waals surface area contributed by atoms with Gasteiger partial charge in [-0.1, -0.05) is 6.92 Å². The van der Waals surface area contributed by atoms with E-state index in [1.54, 1.807) is 0 Å². The van der Waals surface area contributed by atoms with E-state index in [1.165, 1.54) is 51.7 Å². The zero-order chi connectivity index (χ0) is 10.4. The van der Waals surface area contributed by atoms with Gasteiger partial charge in [-0.15, -0.1) is 0 Å². The minimum atomic E-state index is 0.376. The van der Waals surface area contributed by atoms with E-state index in [0.29, 0.717) is 6.04 Å². The minimum Gasteiger partial charge on any atom is -0.328 e. The van der Waals surface area contributed by atoms with Gasteiger partial charge in [-0.25, -0.2) is 0 Å². The Morgan fingerprint density at radius 1 is 1.36 bits per heavy atom. The lowest BCUT2D eigenvalue weighted by Crippen LogP contribution is -2.27. The van der Waals surface area contributed by atoms with E-state index >= 15 is 0 Å². The molecule has 2 unspecified atom stereocenters. The van der Waals surface area contributed by atoms with Gasteiger partial charge in [0.1, 0.15) is 0 Å². The van der Waals surface area contributed by atoms with Crippen LogP contribution >= 0.6 is 0 Å². The maximum Gasteiger partial charge on any atom is 0.00109 e. The van der Waals surface area contributed by atoms with Gasteiger partial charge in [0.25, 0.3) is 0 Å². The van der Waals surface area contributed by atoms with Gasteiger partial charge in [0.2, 0.25) is 0 Å². The molecule has 2 heteroatoms. The van der Waals surface area contributed by atoms with Crippen molar-refractivity contribution in [3.63, 3.8) is 0 Å². The zero-order valence-corrected chi connectivity index (χ0v) is 9.84. The summed E-state index contributed by atoms with van der Waals surface area (Å²) in [6.07, 6.45) is 6.64. The molecule has 2 nitrogen and oxygen atoms in total. The zero-order valence-electron chi connectivity index (χ0n) is 9.84. The van der Waals surface area contributed by atoms with E-state index < -0.39 is 0 Å². The normalized spacial score (nSPS) is 27.2. The highest BCUT2D eigenvalue weighted by molar-refractivity contribution is 4.68. The van der Waals surface area contributed by atoms with Crippen LogP contribution in [0.2, 0.25) is 0 Å². The van der Waals surface area contributed by atoms with Crippen molar-refractivity contribution in [3.8, 4) is 0 Å². The van der Waals surface area contributed by atoms with Crippen molar-refractivity contribution in [3.05, 3.63) is 0 Å². The molecule has 0 amide bonds. The summed E-state index contributed by atoms with van der Waals surface area (Å²) in [6, 6.07) is 0.376. The second-order valence-corrected chi connectivity index (χ2v) is 5.00. The Kier molecular flexibility index (Phi) is 5.49. The van der Waals surface area contributed by atoms with Crippen LogP contribution < -0.4 is 5.73 Å². The van der Waals surface area contributed by atoms with Crippen molar-refractivity contribution in [1.29, 1.82) is 0 Å². The van der Waals surface area contributed by atoms with Crippen LogP contribution in [0.1, 0.15) is 46.0 Å². The molecule has 0 aromatic rings. The van der Waals surface area contributed by atoms with Crippen LogP contribution in [0.3, 0.4) is 0 Å². The molecule has 1 rings (SSSR count). The van der Waals surface area contributed by atoms with E-state index in [0.717, 1.165) is 5.92 Å². The fourth-order valence-electron chi connectivity index (χ4n) is 2.18. The highest BCUT2D eigenvalue weighted by Crippen LogP contribution is 2.16. The number of rotatable bonds is 4. The molecular weight excluding hydrogens is 172 g/mol. The Bertz CT molecular complexity index is 145. The molecule has 0 aromatic heterocycles. The van der Waals surface area contributed by atoms with Gasteiger partial charge in [-0.3, -0.25) is 0 Å². The first kappa shape index (κ1) is 12.0. The highest BCUT2D eigenvalue weighted by atomic mass is 15.1. The Balaban J connectivity index is 2.11. The first-order chi connectivity index (χ1) is 6.68. The molecule has 0 saturated carbocycles. The predicted molar refractivity (Wildman–Crippen MR) is 62.3 cm³/mol. The molecule has 1 heterocycles. The highest BCUT2D eigenvalue weighted by Gasteiger charge is 2.12. The first-order valence-corrected chi connectivity index (χ1v) is 6.16. The molecule has 0 radical (unpaired) electrons. The summed E-state index contributed by atoms with van der Waals surface area (Å²) in [6.45, 7) is 8.35. The molecule has 1 saturated heterocycles. The maximum atomic E-state index is 5.74. The van der Waals surface area contributed by atoms with Crippen molar-refractivity contribution in [2.24, 2.45) is 11.7 Å². The van der Waals surface area contributed by atoms with Crippen LogP contribution in [0.4, 0.5) is 0 Å². The summed E-state index contributed by atoms with van der Waals surface area (Å²) in [7, 11) is 0. The average Bonchev–Trinajstić information content (AvgIpc) is 2.30. The minimum absolute atomic E-state index is 0.376. The van der Waals surface area contributed by atoms with Gasteiger partial charge < -0.3 is 10.6 Å². The van der Waals surface area contributed by atoms with Gasteiger partial charge in [0.15, 0.2) is 0 Å². The Hall–Kier alpha value is -0.0800. The van der Waals surface area contributed by atoms with Crippen LogP contribution in [0.15, 0.2) is 0 Å². The van der Waals surface area contributed by atoms with Gasteiger partial charge in [-0.2, -0.15) is 0 Å². The van der Waals surface area contributed by atoms with Crippen molar-refractivity contribution in [1.82, 2.24) is 4.90 Å². The number of nitrogens with zero attached hydrogens (tertiary/aromatic N) is 1. The third-order valence-electron chi connectivity index (χ3n) is 3.24. The Labute approximate surface area is 88.8 Å². The summed E-state index contributed by atoms with van der Waals surface area (Å²) in [5, 5.41) is 0. The molecule has 0 aliphatic carbocycles. The number of likely N-dealkylation sites (tertiary alicyclic amines) is 1. The van der Waals surface area contributed by atoms with Crippen LogP contribution in [0.5, 0.6) is 0 Å². The van der Waals surface area contributed by atoms with Crippen molar-refractivity contribution < 1.29 is 0 Å². The molecule has 2 N–H and O–H groups in total. The molecule has 2 atom stereocenters. The Morgan fingerprint density at radius 3 is 2.86 bits per heavy atom. The van der Waals surface area contributed by atoms with Crippen molar-refractivity contribution in [2.45, 2.75) is 52.0 Å². The molecule has 1 aliphatic heterocycles. The topological polar surface area (TPSA) is 29.3 Å². The summed E-state index contributed by atoms with van der Waals surface area (Å²) in [5.41, 5.74) is 5.74. The predicted octanol–water partition coefficient (Wildman–Crippen LogP) is 2.24. The second kappa shape index (κ2) is 6.41. The smallest absolute Gasteiger partial charge is 0.00109 e. The number of hydrogen-bond donors (Lipinski definition) is 1. The quantitative estimate of drug-likeness (QED) is 0.750. The SMILES string of the molecule is CC(N)CCCN1CCCC(C)CC1. The lowest BCUT2D eigenvalue weighted by Gasteiger charge is -2.20. The van der Waals surface area contributed by atoms with Gasteiger partial charge in [0, 0.05) is 6.04 Å². The Morgan fingerprint density at radius 2 is 2.14 bits per heavy atom. The summed E-state index contributed by atoms with van der Waals surface area (Å²) in [5.74, 6) is 0.938. The van der Waals surface area contributed by atoms with Crippen LogP contribution in [0.25, 0.3) is 0 Å². The molecule has 1 aliphatic rings. The fourth-order valence-corrected chi connectivity index (χ4v) is 2.18. The summed E-state index contributed by atoms with van der Waals surface area (Å²) in [4.78, 5) is 2.62. The average molecular weight is 198 g/mol. The van der Waals surface area contributed by atoms with Gasteiger partial charge >= 0.3 is 0 Å². The van der Waals surface area contributed by atoms with Gasteiger partial charge in [-0.05, 0) is 64.6 Å². The van der Waals surface area contributed by atoms with E-state index in [2.05, 4.69) is 18.7 Å². The van der Waals surface area contributed by atoms with Gasteiger partial charge in [0.05, 0.1) is 0 Å². The fraction of sp³-hybridized carbons (Fsp3) is 1.00. The molecule has 0 bridgehead atoms. The van der Waals surface area contributed by atoms with E-state index in [9.17, 15) is 0 Å². The van der Waals surface area contributed by atoms with Crippen molar-refractivity contribution in [2.75, 3.05) is 19.6 Å². The monoisotopic (exact) mass is 198 g/mol. The molecule has 0 aromatic carbocycles. The maximum absolute atomic E-state index is 5.74. The summed E-state index contributed by atoms with van der Waals surface area (Å²) < 4.78 is 0. The third-order valence-corrected chi connectivity index (χ3v) is 3.24. The number of hydrogen-bond acceptors (Lipinski definition) is 2. The summed E-state index contributed by atoms with van der Waals surface area (Å²) >= 11 is 0. The lowest BCUT2D eigenvalue weighted by atomic mass is 10.0. The molecule has 84 valence electrons. The van der Waals surface area contributed by atoms with E-state index in [1.807, 2.05) is 0 Å². The molecule has 14 heavy (non-hydrogen) atoms.